The maximum Gasteiger partial charge on any atom is 0.217 e. The zero-order chi connectivity index (χ0) is 28.5. The van der Waals surface area contributed by atoms with Gasteiger partial charge in [0, 0.05) is 13.0 Å². The van der Waals surface area contributed by atoms with Gasteiger partial charge in [-0.15, -0.1) is 0 Å². The minimum atomic E-state index is -1.02. The lowest BCUT2D eigenvalue weighted by molar-refractivity contribution is -0.196. The second-order valence-electron chi connectivity index (χ2n) is 9.99. The topological polar surface area (TPSA) is 170 Å². The van der Waals surface area contributed by atoms with E-state index in [1.165, 1.54) is 26.2 Å². The highest BCUT2D eigenvalue weighted by molar-refractivity contribution is 5.73. The fourth-order valence-corrected chi connectivity index (χ4v) is 3.92. The summed E-state index contributed by atoms with van der Waals surface area (Å²) in [5.74, 6) is -0.229. The highest BCUT2D eigenvalue weighted by atomic mass is 16.6. The predicted molar refractivity (Wildman–Crippen MR) is 141 cm³/mol. The van der Waals surface area contributed by atoms with E-state index in [9.17, 15) is 25.2 Å². The number of rotatable bonds is 10. The number of hydrogen-bond donors (Lipinski definition) is 7. The average molecular weight is 539 g/mol. The molecule has 37 heavy (non-hydrogen) atoms. The number of unbranched alkanes of at least 4 members (excludes halogenated alkanes) is 2. The van der Waals surface area contributed by atoms with Crippen LogP contribution in [0, 0.1) is 0 Å². The third kappa shape index (κ3) is 13.6. The Bertz CT molecular complexity index is 582. The summed E-state index contributed by atoms with van der Waals surface area (Å²) in [5, 5.41) is 53.2. The van der Waals surface area contributed by atoms with Crippen molar-refractivity contribution in [2.45, 2.75) is 135 Å². The Morgan fingerprint density at radius 1 is 0.892 bits per heavy atom. The van der Waals surface area contributed by atoms with Gasteiger partial charge in [0.15, 0.2) is 0 Å². The van der Waals surface area contributed by atoms with E-state index < -0.39 is 42.7 Å². The summed E-state index contributed by atoms with van der Waals surface area (Å²) in [6.45, 7) is 13.6. The fourth-order valence-electron chi connectivity index (χ4n) is 3.92. The van der Waals surface area contributed by atoms with Crippen molar-refractivity contribution >= 4 is 5.91 Å². The minimum absolute atomic E-state index is 0.0432. The van der Waals surface area contributed by atoms with E-state index in [-0.39, 0.29) is 43.9 Å². The second kappa shape index (κ2) is 20.1. The Kier molecular flexibility index (Phi) is 19.6. The molecule has 0 bridgehead atoms. The van der Waals surface area contributed by atoms with Gasteiger partial charge in [0.05, 0.1) is 44.6 Å². The molecule has 222 valence electrons. The van der Waals surface area contributed by atoms with Gasteiger partial charge in [-0.1, -0.05) is 53.9 Å². The monoisotopic (exact) mass is 538 g/mol. The number of nitrogens with one attached hydrogen (secondary N) is 2. The van der Waals surface area contributed by atoms with Crippen molar-refractivity contribution in [3.05, 3.63) is 0 Å². The molecule has 0 spiro atoms. The van der Waals surface area contributed by atoms with Gasteiger partial charge < -0.3 is 50.4 Å². The van der Waals surface area contributed by atoms with Crippen LogP contribution in [-0.4, -0.2) is 119 Å². The van der Waals surface area contributed by atoms with E-state index in [1.54, 1.807) is 0 Å². The lowest BCUT2D eigenvalue weighted by Gasteiger charge is -2.40. The smallest absolute Gasteiger partial charge is 0.217 e. The number of hydrogen-bond acceptors (Lipinski definition) is 10. The largest absolute Gasteiger partial charge is 0.394 e. The van der Waals surface area contributed by atoms with Crippen molar-refractivity contribution in [3.8, 4) is 0 Å². The van der Waals surface area contributed by atoms with Crippen molar-refractivity contribution < 1.29 is 44.5 Å². The van der Waals surface area contributed by atoms with Crippen molar-refractivity contribution in [2.75, 3.05) is 26.4 Å². The Morgan fingerprint density at radius 2 is 1.43 bits per heavy atom. The van der Waals surface area contributed by atoms with Crippen LogP contribution in [0.1, 0.15) is 74.1 Å². The first kappa shape index (κ1) is 36.1. The van der Waals surface area contributed by atoms with Crippen LogP contribution < -0.4 is 10.6 Å². The molecule has 11 heteroatoms. The van der Waals surface area contributed by atoms with Gasteiger partial charge in [-0.2, -0.15) is 0 Å². The van der Waals surface area contributed by atoms with Crippen LogP contribution >= 0.6 is 0 Å². The first-order chi connectivity index (χ1) is 17.5. The zero-order valence-electron chi connectivity index (χ0n) is 23.8. The van der Waals surface area contributed by atoms with Gasteiger partial charge in [-0.05, 0) is 13.3 Å². The van der Waals surface area contributed by atoms with Crippen LogP contribution in [0.4, 0.5) is 0 Å². The molecule has 7 N–H and O–H groups in total. The van der Waals surface area contributed by atoms with Crippen LogP contribution in [0.5, 0.6) is 0 Å². The Morgan fingerprint density at radius 3 is 1.86 bits per heavy atom. The molecule has 2 heterocycles. The third-order valence-corrected chi connectivity index (χ3v) is 6.21. The molecule has 0 aliphatic carbocycles. The Balaban J connectivity index is 0.000000605. The average Bonchev–Trinajstić information content (AvgIpc) is 2.85. The number of aliphatic hydroxyl groups excluding tert-OH is 5. The van der Waals surface area contributed by atoms with Crippen LogP contribution in [0.2, 0.25) is 0 Å². The first-order valence-corrected chi connectivity index (χ1v) is 13.6. The maximum absolute atomic E-state index is 11.0. The van der Waals surface area contributed by atoms with Crippen molar-refractivity contribution in [3.63, 3.8) is 0 Å². The molecule has 9 atom stereocenters. The molecular weight excluding hydrogens is 484 g/mol. The third-order valence-electron chi connectivity index (χ3n) is 6.21. The van der Waals surface area contributed by atoms with E-state index in [0.717, 1.165) is 6.42 Å². The predicted octanol–water partition coefficient (Wildman–Crippen LogP) is 0.0892. The molecule has 11 nitrogen and oxygen atoms in total. The Labute approximate surface area is 222 Å². The summed E-state index contributed by atoms with van der Waals surface area (Å²) in [6.07, 6.45) is 0.185. The second-order valence-corrected chi connectivity index (χ2v) is 9.99. The van der Waals surface area contributed by atoms with Crippen LogP contribution in [0.3, 0.4) is 0 Å². The number of carbonyl (C=O) groups excluding carboxylic acids is 1. The lowest BCUT2D eigenvalue weighted by atomic mass is 9.97. The molecular formula is C26H54N2O9. The maximum atomic E-state index is 11.0. The molecule has 0 aromatic heterocycles. The number of amides is 1. The highest BCUT2D eigenvalue weighted by Crippen LogP contribution is 2.21. The molecule has 1 amide bonds. The summed E-state index contributed by atoms with van der Waals surface area (Å²) in [5.41, 5.74) is 0. The van der Waals surface area contributed by atoms with Gasteiger partial charge in [0.2, 0.25) is 5.91 Å². The van der Waals surface area contributed by atoms with E-state index >= 15 is 0 Å². The molecule has 0 radical (unpaired) electrons. The quantitative estimate of drug-likeness (QED) is 0.202. The van der Waals surface area contributed by atoms with Gasteiger partial charge in [0.25, 0.3) is 0 Å². The van der Waals surface area contributed by atoms with Gasteiger partial charge in [-0.3, -0.25) is 4.79 Å². The lowest BCUT2D eigenvalue weighted by Crippen LogP contribution is -2.61. The first-order valence-electron chi connectivity index (χ1n) is 13.6. The van der Waals surface area contributed by atoms with Crippen molar-refractivity contribution in [1.82, 2.24) is 10.6 Å². The molecule has 2 fully saturated rings. The Hall–Kier alpha value is -0.890. The van der Waals surface area contributed by atoms with Crippen molar-refractivity contribution in [1.29, 1.82) is 0 Å². The highest BCUT2D eigenvalue weighted by Gasteiger charge is 2.41. The SMILES string of the molecule is CC(C)NC1COC(CO)C(O)C1O.CCC(C)OC1C(CO)OCC(NC(C)=O)C1O.CCCCC. The minimum Gasteiger partial charge on any atom is -0.394 e. The van der Waals surface area contributed by atoms with E-state index in [0.29, 0.717) is 6.61 Å². The zero-order valence-corrected chi connectivity index (χ0v) is 23.8. The summed E-state index contributed by atoms with van der Waals surface area (Å²) in [7, 11) is 0. The number of aliphatic hydroxyl groups is 5. The van der Waals surface area contributed by atoms with E-state index in [1.807, 2.05) is 27.7 Å². The number of ether oxygens (including phenoxy) is 3. The number of carbonyl (C=O) groups is 1. The van der Waals surface area contributed by atoms with Crippen LogP contribution in [0.25, 0.3) is 0 Å². The van der Waals surface area contributed by atoms with Crippen LogP contribution in [-0.2, 0) is 19.0 Å². The van der Waals surface area contributed by atoms with E-state index in [4.69, 9.17) is 19.3 Å². The molecule has 2 aliphatic heterocycles. The normalized spacial score (nSPS) is 32.5. The fraction of sp³-hybridized carbons (Fsp3) is 0.962. The molecule has 0 aromatic rings. The molecule has 0 aromatic carbocycles. The molecule has 2 saturated heterocycles. The molecule has 9 unspecified atom stereocenters. The van der Waals surface area contributed by atoms with Gasteiger partial charge in [0.1, 0.15) is 36.6 Å². The molecule has 2 aliphatic rings. The summed E-state index contributed by atoms with van der Waals surface area (Å²) in [4.78, 5) is 11.0. The van der Waals surface area contributed by atoms with Crippen LogP contribution in [0.15, 0.2) is 0 Å². The standard InChI is InChI=1S/C12H23NO5.C9H19NO4.C5H12/c1-4-7(2)18-12-10(5-14)17-6-9(11(12)16)13-8(3)15;1-5(2)10-6-4-14-7(3-11)9(13)8(6)12;1-3-5-4-2/h7,9-12,14,16H,4-6H2,1-3H3,(H,13,15);5-13H,3-4H2,1-2H3;3-5H2,1-2H3. The van der Waals surface area contributed by atoms with E-state index in [2.05, 4.69) is 24.5 Å². The summed E-state index contributed by atoms with van der Waals surface area (Å²) in [6, 6.07) is -0.553. The van der Waals surface area contributed by atoms with Gasteiger partial charge in [-0.25, -0.2) is 0 Å². The van der Waals surface area contributed by atoms with Crippen molar-refractivity contribution in [2.24, 2.45) is 0 Å². The van der Waals surface area contributed by atoms with Gasteiger partial charge >= 0.3 is 0 Å². The summed E-state index contributed by atoms with van der Waals surface area (Å²) >= 11 is 0. The summed E-state index contributed by atoms with van der Waals surface area (Å²) < 4.78 is 16.3. The molecule has 0 saturated carbocycles. The molecule has 2 rings (SSSR count).